The minimum atomic E-state index is 0.470. The van der Waals surface area contributed by atoms with Gasteiger partial charge < -0.3 is 29.4 Å². The van der Waals surface area contributed by atoms with Crippen molar-refractivity contribution < 1.29 is 13.9 Å². The molecule has 1 aliphatic carbocycles. The molecule has 0 amide bonds. The van der Waals surface area contributed by atoms with Gasteiger partial charge in [-0.05, 0) is 57.1 Å². The molecule has 1 unspecified atom stereocenters. The summed E-state index contributed by atoms with van der Waals surface area (Å²) in [6, 6.07) is 10.3. The van der Waals surface area contributed by atoms with Crippen LogP contribution in [0.1, 0.15) is 25.0 Å². The van der Waals surface area contributed by atoms with Gasteiger partial charge in [0.1, 0.15) is 5.76 Å². The van der Waals surface area contributed by atoms with Crippen molar-refractivity contribution in [1.29, 1.82) is 0 Å². The Balaban J connectivity index is 1.44. The maximum absolute atomic E-state index is 5.83. The van der Waals surface area contributed by atoms with Crippen molar-refractivity contribution in [2.24, 2.45) is 10.9 Å². The molecular formula is C23H32N4O3. The minimum absolute atomic E-state index is 0.470. The third-order valence-electron chi connectivity index (χ3n) is 5.52. The molecule has 1 fully saturated rings. The molecule has 0 spiro atoms. The highest BCUT2D eigenvalue weighted by Gasteiger charge is 2.32. The normalized spacial score (nSPS) is 17.5. The summed E-state index contributed by atoms with van der Waals surface area (Å²) < 4.78 is 17.0. The molecule has 0 radical (unpaired) electrons. The van der Waals surface area contributed by atoms with Gasteiger partial charge in [-0.2, -0.15) is 0 Å². The first-order valence-corrected chi connectivity index (χ1v) is 10.8. The van der Waals surface area contributed by atoms with Crippen LogP contribution in [0.4, 0.5) is 5.69 Å². The van der Waals surface area contributed by atoms with E-state index in [2.05, 4.69) is 29.6 Å². The predicted molar refractivity (Wildman–Crippen MR) is 119 cm³/mol. The molecule has 4 rings (SSSR count). The van der Waals surface area contributed by atoms with Crippen LogP contribution in [0.15, 0.2) is 46.0 Å². The summed E-state index contributed by atoms with van der Waals surface area (Å²) in [5.41, 5.74) is 0.927. The van der Waals surface area contributed by atoms with Gasteiger partial charge in [0, 0.05) is 37.2 Å². The second-order valence-corrected chi connectivity index (χ2v) is 8.15. The van der Waals surface area contributed by atoms with E-state index in [0.29, 0.717) is 19.3 Å². The molecule has 7 nitrogen and oxygen atoms in total. The first-order valence-electron chi connectivity index (χ1n) is 10.8. The Bertz CT molecular complexity index is 829. The molecule has 2 heterocycles. The zero-order valence-corrected chi connectivity index (χ0v) is 17.9. The van der Waals surface area contributed by atoms with Crippen LogP contribution in [0.3, 0.4) is 0 Å². The van der Waals surface area contributed by atoms with E-state index in [-0.39, 0.29) is 0 Å². The number of fused-ring (bicyclic) bond motifs is 1. The standard InChI is InChI=1S/C23H32N4O3/c1-27(2)20(17-6-7-17)16-25-23(24-11-10-19-5-3-12-28-19)26-18-8-9-21-22(15-18)30-14-4-13-29-21/h3,5,8-9,12,15,17,20H,4,6-7,10-11,13-14,16H2,1-2H3,(H2,24,25,26). The van der Waals surface area contributed by atoms with E-state index >= 15 is 0 Å². The highest BCUT2D eigenvalue weighted by Crippen LogP contribution is 2.35. The Morgan fingerprint density at radius 2 is 2.00 bits per heavy atom. The van der Waals surface area contributed by atoms with E-state index in [0.717, 1.165) is 60.8 Å². The number of anilines is 1. The summed E-state index contributed by atoms with van der Waals surface area (Å²) in [6.07, 6.45) is 6.00. The van der Waals surface area contributed by atoms with Crippen LogP contribution in [-0.2, 0) is 6.42 Å². The molecule has 2 aliphatic rings. The lowest BCUT2D eigenvalue weighted by Crippen LogP contribution is -2.37. The Kier molecular flexibility index (Phi) is 6.79. The smallest absolute Gasteiger partial charge is 0.195 e. The van der Waals surface area contributed by atoms with Gasteiger partial charge in [0.2, 0.25) is 0 Å². The molecule has 1 aromatic carbocycles. The van der Waals surface area contributed by atoms with Crippen LogP contribution in [-0.4, -0.2) is 57.3 Å². The topological polar surface area (TPSA) is 71.3 Å². The van der Waals surface area contributed by atoms with Gasteiger partial charge >= 0.3 is 0 Å². The number of nitrogens with one attached hydrogen (secondary N) is 2. The zero-order valence-electron chi connectivity index (χ0n) is 17.9. The number of likely N-dealkylation sites (N-methyl/N-ethyl adjacent to an activating group) is 1. The maximum Gasteiger partial charge on any atom is 0.195 e. The highest BCUT2D eigenvalue weighted by molar-refractivity contribution is 5.94. The Morgan fingerprint density at radius 3 is 2.73 bits per heavy atom. The van der Waals surface area contributed by atoms with Crippen LogP contribution in [0.5, 0.6) is 11.5 Å². The molecule has 1 saturated carbocycles. The fourth-order valence-corrected chi connectivity index (χ4v) is 3.68. The molecule has 1 aliphatic heterocycles. The third-order valence-corrected chi connectivity index (χ3v) is 5.52. The van der Waals surface area contributed by atoms with E-state index in [1.54, 1.807) is 6.26 Å². The average molecular weight is 413 g/mol. The van der Waals surface area contributed by atoms with Crippen LogP contribution < -0.4 is 20.1 Å². The van der Waals surface area contributed by atoms with Gasteiger partial charge in [0.25, 0.3) is 0 Å². The number of hydrogen-bond acceptors (Lipinski definition) is 5. The lowest BCUT2D eigenvalue weighted by molar-refractivity contribution is 0.271. The van der Waals surface area contributed by atoms with Crippen LogP contribution in [0.25, 0.3) is 0 Å². The molecule has 1 aromatic heterocycles. The van der Waals surface area contributed by atoms with E-state index in [4.69, 9.17) is 18.9 Å². The summed E-state index contributed by atoms with van der Waals surface area (Å²) in [7, 11) is 4.28. The molecule has 30 heavy (non-hydrogen) atoms. The van der Waals surface area contributed by atoms with Crippen LogP contribution in [0.2, 0.25) is 0 Å². The molecule has 1 atom stereocenters. The SMILES string of the molecule is CN(C)C(CN=C(NCCc1ccco1)Nc1ccc2c(c1)OCCCO2)C1CC1. The fraction of sp³-hybridized carbons (Fsp3) is 0.522. The fourth-order valence-electron chi connectivity index (χ4n) is 3.68. The van der Waals surface area contributed by atoms with Gasteiger partial charge in [-0.3, -0.25) is 4.99 Å². The number of furan rings is 1. The number of ether oxygens (including phenoxy) is 2. The first-order chi connectivity index (χ1) is 14.7. The van der Waals surface area contributed by atoms with Crippen molar-refractivity contribution in [2.75, 3.05) is 45.7 Å². The number of nitrogens with zero attached hydrogens (tertiary/aromatic N) is 2. The Morgan fingerprint density at radius 1 is 1.17 bits per heavy atom. The molecule has 2 N–H and O–H groups in total. The van der Waals surface area contributed by atoms with Crippen molar-refractivity contribution >= 4 is 11.6 Å². The largest absolute Gasteiger partial charge is 0.490 e. The van der Waals surface area contributed by atoms with Gasteiger partial charge in [-0.25, -0.2) is 0 Å². The minimum Gasteiger partial charge on any atom is -0.490 e. The zero-order chi connectivity index (χ0) is 20.8. The van der Waals surface area contributed by atoms with Gasteiger partial charge in [-0.15, -0.1) is 0 Å². The second kappa shape index (κ2) is 9.89. The Labute approximate surface area is 178 Å². The summed E-state index contributed by atoms with van der Waals surface area (Å²) >= 11 is 0. The highest BCUT2D eigenvalue weighted by atomic mass is 16.5. The second-order valence-electron chi connectivity index (χ2n) is 8.15. The third kappa shape index (κ3) is 5.69. The lowest BCUT2D eigenvalue weighted by atomic mass is 10.2. The number of hydrogen-bond donors (Lipinski definition) is 2. The molecule has 0 bridgehead atoms. The first kappa shape index (κ1) is 20.6. The average Bonchev–Trinajstić information content (AvgIpc) is 3.48. The molecule has 2 aromatic rings. The van der Waals surface area contributed by atoms with E-state index in [9.17, 15) is 0 Å². The van der Waals surface area contributed by atoms with E-state index in [1.165, 1.54) is 12.8 Å². The number of rotatable bonds is 8. The quantitative estimate of drug-likeness (QED) is 0.512. The van der Waals surface area contributed by atoms with Gasteiger partial charge in [-0.1, -0.05) is 0 Å². The predicted octanol–water partition coefficient (Wildman–Crippen LogP) is 3.38. The molecule has 162 valence electrons. The van der Waals surface area contributed by atoms with E-state index < -0.39 is 0 Å². The number of aliphatic imine (C=N–C) groups is 1. The summed E-state index contributed by atoms with van der Waals surface area (Å²) in [6.45, 7) is 2.86. The maximum atomic E-state index is 5.83. The van der Waals surface area contributed by atoms with Crippen molar-refractivity contribution in [3.8, 4) is 11.5 Å². The number of benzene rings is 1. The summed E-state index contributed by atoms with van der Waals surface area (Å²) in [5.74, 6) is 4.05. The van der Waals surface area contributed by atoms with Crippen LogP contribution >= 0.6 is 0 Å². The Hall–Kier alpha value is -2.67. The van der Waals surface area contributed by atoms with Crippen molar-refractivity contribution in [2.45, 2.75) is 31.7 Å². The monoisotopic (exact) mass is 412 g/mol. The summed E-state index contributed by atoms with van der Waals surface area (Å²) in [5, 5.41) is 6.88. The van der Waals surface area contributed by atoms with Crippen molar-refractivity contribution in [3.05, 3.63) is 42.4 Å². The van der Waals surface area contributed by atoms with Gasteiger partial charge in [0.05, 0.1) is 26.0 Å². The van der Waals surface area contributed by atoms with Gasteiger partial charge in [0.15, 0.2) is 17.5 Å². The van der Waals surface area contributed by atoms with Crippen LogP contribution in [0, 0.1) is 5.92 Å². The number of guanidine groups is 1. The molecule has 7 heteroatoms. The van der Waals surface area contributed by atoms with Crippen molar-refractivity contribution in [1.82, 2.24) is 10.2 Å². The summed E-state index contributed by atoms with van der Waals surface area (Å²) in [4.78, 5) is 7.19. The lowest BCUT2D eigenvalue weighted by Gasteiger charge is -2.23. The molecule has 0 saturated heterocycles. The van der Waals surface area contributed by atoms with E-state index in [1.807, 2.05) is 30.3 Å². The molecular weight excluding hydrogens is 380 g/mol. The van der Waals surface area contributed by atoms with Crippen molar-refractivity contribution in [3.63, 3.8) is 0 Å².